The van der Waals surface area contributed by atoms with Crippen LogP contribution in [0.1, 0.15) is 62.7 Å². The minimum Gasteiger partial charge on any atom is -0.339 e. The topological polar surface area (TPSA) is 20.3 Å². The maximum atomic E-state index is 12.6. The molecule has 0 N–H and O–H groups in total. The molecule has 0 aliphatic rings. The Hall–Kier alpha value is -1.02. The first-order valence-corrected chi connectivity index (χ1v) is 8.11. The zero-order valence-corrected chi connectivity index (χ0v) is 13.5. The molecule has 0 spiro atoms. The molecule has 3 heteroatoms. The van der Waals surface area contributed by atoms with E-state index in [0.717, 1.165) is 25.9 Å². The summed E-state index contributed by atoms with van der Waals surface area (Å²) in [5, 5.41) is 0.623. The second kappa shape index (κ2) is 9.82. The molecule has 0 aromatic heterocycles. The van der Waals surface area contributed by atoms with Crippen LogP contribution in [0.25, 0.3) is 0 Å². The number of benzene rings is 1. The highest BCUT2D eigenvalue weighted by Crippen LogP contribution is 2.14. The summed E-state index contributed by atoms with van der Waals surface area (Å²) in [5.41, 5.74) is 0.700. The minimum absolute atomic E-state index is 0.111. The molecule has 0 fully saturated rings. The Bertz CT molecular complexity index is 396. The Morgan fingerprint density at radius 1 is 1.05 bits per heavy atom. The maximum Gasteiger partial charge on any atom is 0.253 e. The van der Waals surface area contributed by atoms with Crippen molar-refractivity contribution < 1.29 is 4.79 Å². The molecule has 0 atom stereocenters. The summed E-state index contributed by atoms with van der Waals surface area (Å²) in [6.45, 7) is 6.06. The standard InChI is InChI=1S/C17H26ClNO/c1-3-5-7-12-19(13-8-6-4-2)17(20)15-10-9-11-16(18)14-15/h9-11,14H,3-8,12-13H2,1-2H3. The Balaban J connectivity index is 2.66. The molecule has 0 aliphatic carbocycles. The summed E-state index contributed by atoms with van der Waals surface area (Å²) in [6, 6.07) is 7.25. The third-order valence-electron chi connectivity index (χ3n) is 3.42. The number of unbranched alkanes of at least 4 members (excludes halogenated alkanes) is 4. The van der Waals surface area contributed by atoms with E-state index in [9.17, 15) is 4.79 Å². The van der Waals surface area contributed by atoms with Crippen molar-refractivity contribution in [1.29, 1.82) is 0 Å². The highest BCUT2D eigenvalue weighted by atomic mass is 35.5. The van der Waals surface area contributed by atoms with Crippen LogP contribution in [0.5, 0.6) is 0 Å². The first-order chi connectivity index (χ1) is 9.69. The van der Waals surface area contributed by atoms with Gasteiger partial charge in [0.15, 0.2) is 0 Å². The van der Waals surface area contributed by atoms with Gasteiger partial charge in [-0.3, -0.25) is 4.79 Å². The summed E-state index contributed by atoms with van der Waals surface area (Å²) in [6.07, 6.45) is 6.85. The third-order valence-corrected chi connectivity index (χ3v) is 3.66. The summed E-state index contributed by atoms with van der Waals surface area (Å²) in [5.74, 6) is 0.111. The summed E-state index contributed by atoms with van der Waals surface area (Å²) >= 11 is 5.98. The van der Waals surface area contributed by atoms with Gasteiger partial charge in [0.1, 0.15) is 0 Å². The predicted molar refractivity (Wildman–Crippen MR) is 86.4 cm³/mol. The lowest BCUT2D eigenvalue weighted by molar-refractivity contribution is 0.0749. The Labute approximate surface area is 128 Å². The Morgan fingerprint density at radius 2 is 1.65 bits per heavy atom. The van der Waals surface area contributed by atoms with Gasteiger partial charge in [-0.1, -0.05) is 57.2 Å². The third kappa shape index (κ3) is 5.96. The second-order valence-corrected chi connectivity index (χ2v) is 5.65. The van der Waals surface area contributed by atoms with Gasteiger partial charge < -0.3 is 4.90 Å². The SMILES string of the molecule is CCCCCN(CCCCC)C(=O)c1cccc(Cl)c1. The number of carbonyl (C=O) groups excluding carboxylic acids is 1. The van der Waals surface area contributed by atoms with Gasteiger partial charge in [-0.2, -0.15) is 0 Å². The molecule has 1 aromatic carbocycles. The van der Waals surface area contributed by atoms with Crippen molar-refractivity contribution in [1.82, 2.24) is 4.90 Å². The van der Waals surface area contributed by atoms with Crippen LogP contribution in [0.15, 0.2) is 24.3 Å². The van der Waals surface area contributed by atoms with Gasteiger partial charge in [0.2, 0.25) is 0 Å². The number of carbonyl (C=O) groups is 1. The van der Waals surface area contributed by atoms with E-state index < -0.39 is 0 Å². The largest absolute Gasteiger partial charge is 0.339 e. The van der Waals surface area contributed by atoms with Crippen molar-refractivity contribution in [2.75, 3.05) is 13.1 Å². The molecule has 0 heterocycles. The van der Waals surface area contributed by atoms with Gasteiger partial charge in [-0.05, 0) is 31.0 Å². The highest BCUT2D eigenvalue weighted by molar-refractivity contribution is 6.30. The fourth-order valence-electron chi connectivity index (χ4n) is 2.22. The first-order valence-electron chi connectivity index (χ1n) is 7.73. The lowest BCUT2D eigenvalue weighted by Crippen LogP contribution is -2.33. The average molecular weight is 296 g/mol. The van der Waals surface area contributed by atoms with Crippen LogP contribution in [-0.2, 0) is 0 Å². The van der Waals surface area contributed by atoms with Crippen LogP contribution in [-0.4, -0.2) is 23.9 Å². The smallest absolute Gasteiger partial charge is 0.253 e. The fourth-order valence-corrected chi connectivity index (χ4v) is 2.41. The van der Waals surface area contributed by atoms with Crippen LogP contribution in [0.3, 0.4) is 0 Å². The number of hydrogen-bond donors (Lipinski definition) is 0. The van der Waals surface area contributed by atoms with E-state index in [1.807, 2.05) is 17.0 Å². The molecule has 1 amide bonds. The van der Waals surface area contributed by atoms with Crippen LogP contribution >= 0.6 is 11.6 Å². The molecule has 0 unspecified atom stereocenters. The predicted octanol–water partition coefficient (Wildman–Crippen LogP) is 5.16. The van der Waals surface area contributed by atoms with Crippen LogP contribution in [0, 0.1) is 0 Å². The van der Waals surface area contributed by atoms with E-state index in [2.05, 4.69) is 13.8 Å². The molecule has 0 aliphatic heterocycles. The molecular weight excluding hydrogens is 270 g/mol. The van der Waals surface area contributed by atoms with E-state index in [1.165, 1.54) is 25.7 Å². The van der Waals surface area contributed by atoms with Gasteiger partial charge in [-0.15, -0.1) is 0 Å². The maximum absolute atomic E-state index is 12.6. The monoisotopic (exact) mass is 295 g/mol. The van der Waals surface area contributed by atoms with E-state index >= 15 is 0 Å². The van der Waals surface area contributed by atoms with Gasteiger partial charge in [0.25, 0.3) is 5.91 Å². The first kappa shape index (κ1) is 17.0. The van der Waals surface area contributed by atoms with E-state index in [4.69, 9.17) is 11.6 Å². The van der Waals surface area contributed by atoms with E-state index in [-0.39, 0.29) is 5.91 Å². The summed E-state index contributed by atoms with van der Waals surface area (Å²) in [4.78, 5) is 14.5. The van der Waals surface area contributed by atoms with Gasteiger partial charge >= 0.3 is 0 Å². The molecule has 0 saturated carbocycles. The van der Waals surface area contributed by atoms with Crippen molar-refractivity contribution >= 4 is 17.5 Å². The number of hydrogen-bond acceptors (Lipinski definition) is 1. The van der Waals surface area contributed by atoms with Crippen molar-refractivity contribution in [2.24, 2.45) is 0 Å². The number of halogens is 1. The van der Waals surface area contributed by atoms with Crippen LogP contribution < -0.4 is 0 Å². The molecule has 112 valence electrons. The summed E-state index contributed by atoms with van der Waals surface area (Å²) in [7, 11) is 0. The minimum atomic E-state index is 0.111. The van der Waals surface area contributed by atoms with E-state index in [1.54, 1.807) is 12.1 Å². The molecular formula is C17H26ClNO. The Kier molecular flexibility index (Phi) is 8.36. The lowest BCUT2D eigenvalue weighted by Gasteiger charge is -2.23. The fraction of sp³-hybridized carbons (Fsp3) is 0.588. The number of amides is 1. The van der Waals surface area contributed by atoms with Crippen LogP contribution in [0.4, 0.5) is 0 Å². The number of rotatable bonds is 9. The van der Waals surface area contributed by atoms with Crippen molar-refractivity contribution in [3.05, 3.63) is 34.9 Å². The molecule has 0 bridgehead atoms. The summed E-state index contributed by atoms with van der Waals surface area (Å²) < 4.78 is 0. The van der Waals surface area contributed by atoms with Crippen molar-refractivity contribution in [3.8, 4) is 0 Å². The Morgan fingerprint density at radius 3 is 2.15 bits per heavy atom. The zero-order chi connectivity index (χ0) is 14.8. The van der Waals surface area contributed by atoms with E-state index in [0.29, 0.717) is 10.6 Å². The highest BCUT2D eigenvalue weighted by Gasteiger charge is 2.15. The molecule has 1 rings (SSSR count). The molecule has 2 nitrogen and oxygen atoms in total. The molecule has 20 heavy (non-hydrogen) atoms. The average Bonchev–Trinajstić information content (AvgIpc) is 2.45. The van der Waals surface area contributed by atoms with Crippen molar-refractivity contribution in [3.63, 3.8) is 0 Å². The van der Waals surface area contributed by atoms with Crippen LogP contribution in [0.2, 0.25) is 5.02 Å². The lowest BCUT2D eigenvalue weighted by atomic mass is 10.1. The molecule has 1 aromatic rings. The number of nitrogens with zero attached hydrogens (tertiary/aromatic N) is 1. The zero-order valence-electron chi connectivity index (χ0n) is 12.7. The quantitative estimate of drug-likeness (QED) is 0.576. The van der Waals surface area contributed by atoms with Gasteiger partial charge in [-0.25, -0.2) is 0 Å². The second-order valence-electron chi connectivity index (χ2n) is 5.22. The normalized spacial score (nSPS) is 10.6. The van der Waals surface area contributed by atoms with Gasteiger partial charge in [0.05, 0.1) is 0 Å². The van der Waals surface area contributed by atoms with Crippen molar-refractivity contribution in [2.45, 2.75) is 52.4 Å². The van der Waals surface area contributed by atoms with Gasteiger partial charge in [0, 0.05) is 23.7 Å². The molecule has 0 saturated heterocycles. The molecule has 0 radical (unpaired) electrons.